The van der Waals surface area contributed by atoms with Gasteiger partial charge in [-0.3, -0.25) is 0 Å². The molecular formula is C12H15N3. The van der Waals surface area contributed by atoms with Gasteiger partial charge in [-0.2, -0.15) is 5.26 Å². The number of rotatable bonds is 0. The summed E-state index contributed by atoms with van der Waals surface area (Å²) in [6.07, 6.45) is 4.57. The highest BCUT2D eigenvalue weighted by Gasteiger charge is 2.28. The fraction of sp³-hybridized carbons (Fsp3) is 0.500. The number of nitrogen functional groups attached to an aromatic ring is 1. The van der Waals surface area contributed by atoms with Gasteiger partial charge in [0.05, 0.1) is 5.56 Å². The fourth-order valence-corrected chi connectivity index (χ4v) is 2.22. The zero-order valence-electron chi connectivity index (χ0n) is 9.17. The van der Waals surface area contributed by atoms with Gasteiger partial charge >= 0.3 is 0 Å². The van der Waals surface area contributed by atoms with E-state index in [1.54, 1.807) is 6.20 Å². The summed E-state index contributed by atoms with van der Waals surface area (Å²) in [7, 11) is 0. The van der Waals surface area contributed by atoms with Crippen molar-refractivity contribution in [1.29, 1.82) is 5.26 Å². The lowest BCUT2D eigenvalue weighted by atomic mass is 9.74. The SMILES string of the molecule is CC1(C)CCc2c(C#N)cnc(N)c2C1. The van der Waals surface area contributed by atoms with Crippen LogP contribution in [0.25, 0.3) is 0 Å². The van der Waals surface area contributed by atoms with Crippen molar-refractivity contribution in [3.63, 3.8) is 0 Å². The molecular weight excluding hydrogens is 186 g/mol. The lowest BCUT2D eigenvalue weighted by Crippen LogP contribution is -2.24. The van der Waals surface area contributed by atoms with Gasteiger partial charge in [0, 0.05) is 6.20 Å². The van der Waals surface area contributed by atoms with E-state index >= 15 is 0 Å². The smallest absolute Gasteiger partial charge is 0.126 e. The first kappa shape index (κ1) is 9.97. The highest BCUT2D eigenvalue weighted by molar-refractivity contribution is 5.53. The molecule has 0 amide bonds. The summed E-state index contributed by atoms with van der Waals surface area (Å²) in [4.78, 5) is 4.08. The third-order valence-corrected chi connectivity index (χ3v) is 3.16. The Balaban J connectivity index is 2.56. The lowest BCUT2D eigenvalue weighted by molar-refractivity contribution is 0.315. The highest BCUT2D eigenvalue weighted by atomic mass is 14.8. The Morgan fingerprint density at radius 1 is 1.47 bits per heavy atom. The van der Waals surface area contributed by atoms with Crippen molar-refractivity contribution in [3.05, 3.63) is 22.9 Å². The molecule has 0 spiro atoms. The summed E-state index contributed by atoms with van der Waals surface area (Å²) in [5.41, 5.74) is 9.03. The monoisotopic (exact) mass is 201 g/mol. The van der Waals surface area contributed by atoms with Crippen LogP contribution in [0.3, 0.4) is 0 Å². The van der Waals surface area contributed by atoms with Crippen LogP contribution in [-0.4, -0.2) is 4.98 Å². The van der Waals surface area contributed by atoms with E-state index in [0.717, 1.165) is 30.4 Å². The van der Waals surface area contributed by atoms with E-state index in [1.165, 1.54) is 0 Å². The van der Waals surface area contributed by atoms with Crippen LogP contribution in [0.1, 0.15) is 37.0 Å². The van der Waals surface area contributed by atoms with Gasteiger partial charge in [0.2, 0.25) is 0 Å². The quantitative estimate of drug-likeness (QED) is 0.698. The van der Waals surface area contributed by atoms with Crippen LogP contribution in [0.15, 0.2) is 6.20 Å². The fourth-order valence-electron chi connectivity index (χ4n) is 2.22. The van der Waals surface area contributed by atoms with E-state index in [1.807, 2.05) is 0 Å². The molecule has 0 bridgehead atoms. The lowest BCUT2D eigenvalue weighted by Gasteiger charge is -2.32. The number of hydrogen-bond acceptors (Lipinski definition) is 3. The first-order valence-electron chi connectivity index (χ1n) is 5.20. The maximum absolute atomic E-state index is 8.98. The predicted octanol–water partition coefficient (Wildman–Crippen LogP) is 2.05. The Labute approximate surface area is 89.9 Å². The molecule has 0 fully saturated rings. The van der Waals surface area contributed by atoms with Gasteiger partial charge in [0.25, 0.3) is 0 Å². The summed E-state index contributed by atoms with van der Waals surface area (Å²) >= 11 is 0. The van der Waals surface area contributed by atoms with Crippen molar-refractivity contribution < 1.29 is 0 Å². The number of aromatic nitrogens is 1. The van der Waals surface area contributed by atoms with Gasteiger partial charge in [0.15, 0.2) is 0 Å². The molecule has 0 saturated heterocycles. The highest BCUT2D eigenvalue weighted by Crippen LogP contribution is 2.37. The summed E-state index contributed by atoms with van der Waals surface area (Å²) in [6, 6.07) is 2.19. The molecule has 2 N–H and O–H groups in total. The number of nitriles is 1. The normalized spacial score (nSPS) is 17.9. The van der Waals surface area contributed by atoms with Crippen LogP contribution in [0.5, 0.6) is 0 Å². The maximum atomic E-state index is 8.98. The van der Waals surface area contributed by atoms with E-state index in [9.17, 15) is 0 Å². The molecule has 3 heteroatoms. The Hall–Kier alpha value is -1.56. The van der Waals surface area contributed by atoms with Crippen molar-refractivity contribution in [3.8, 4) is 6.07 Å². The summed E-state index contributed by atoms with van der Waals surface area (Å²) < 4.78 is 0. The molecule has 1 heterocycles. The average Bonchev–Trinajstić information content (AvgIpc) is 2.18. The second-order valence-corrected chi connectivity index (χ2v) is 4.97. The third-order valence-electron chi connectivity index (χ3n) is 3.16. The van der Waals surface area contributed by atoms with E-state index in [-0.39, 0.29) is 5.41 Å². The van der Waals surface area contributed by atoms with Gasteiger partial charge in [-0.25, -0.2) is 4.98 Å². The van der Waals surface area contributed by atoms with Crippen LogP contribution in [0, 0.1) is 16.7 Å². The number of nitrogens with two attached hydrogens (primary N) is 1. The minimum absolute atomic E-state index is 0.275. The van der Waals surface area contributed by atoms with Gasteiger partial charge < -0.3 is 5.73 Å². The molecule has 0 unspecified atom stereocenters. The molecule has 3 nitrogen and oxygen atoms in total. The number of anilines is 1. The van der Waals surface area contributed by atoms with Gasteiger partial charge in [-0.15, -0.1) is 0 Å². The first-order chi connectivity index (χ1) is 7.03. The van der Waals surface area contributed by atoms with Crippen molar-refractivity contribution in [1.82, 2.24) is 4.98 Å². The van der Waals surface area contributed by atoms with Crippen molar-refractivity contribution >= 4 is 5.82 Å². The van der Waals surface area contributed by atoms with E-state index in [4.69, 9.17) is 11.0 Å². The molecule has 0 saturated carbocycles. The minimum Gasteiger partial charge on any atom is -0.383 e. The molecule has 1 aliphatic carbocycles. The molecule has 15 heavy (non-hydrogen) atoms. The Bertz CT molecular complexity index is 441. The Morgan fingerprint density at radius 2 is 2.20 bits per heavy atom. The number of pyridine rings is 1. The molecule has 0 aliphatic heterocycles. The molecule has 1 aromatic heterocycles. The van der Waals surface area contributed by atoms with Crippen LogP contribution < -0.4 is 5.73 Å². The van der Waals surface area contributed by atoms with Crippen molar-refractivity contribution in [2.45, 2.75) is 33.1 Å². The minimum atomic E-state index is 0.275. The van der Waals surface area contributed by atoms with Crippen LogP contribution in [0.4, 0.5) is 5.82 Å². The molecule has 0 aromatic carbocycles. The molecule has 1 aliphatic rings. The second kappa shape index (κ2) is 3.23. The van der Waals surface area contributed by atoms with E-state index < -0.39 is 0 Å². The first-order valence-corrected chi connectivity index (χ1v) is 5.20. The Kier molecular flexibility index (Phi) is 2.15. The predicted molar refractivity (Wildman–Crippen MR) is 59.2 cm³/mol. The zero-order chi connectivity index (χ0) is 11.1. The van der Waals surface area contributed by atoms with Crippen LogP contribution >= 0.6 is 0 Å². The van der Waals surface area contributed by atoms with Gasteiger partial charge in [-0.1, -0.05) is 13.8 Å². The summed E-state index contributed by atoms with van der Waals surface area (Å²) in [5.74, 6) is 0.594. The summed E-state index contributed by atoms with van der Waals surface area (Å²) in [5, 5.41) is 8.98. The third kappa shape index (κ3) is 1.68. The topological polar surface area (TPSA) is 62.7 Å². The average molecular weight is 201 g/mol. The largest absolute Gasteiger partial charge is 0.383 e. The molecule has 2 rings (SSSR count). The van der Waals surface area contributed by atoms with E-state index in [0.29, 0.717) is 11.4 Å². The van der Waals surface area contributed by atoms with Crippen molar-refractivity contribution in [2.24, 2.45) is 5.41 Å². The van der Waals surface area contributed by atoms with E-state index in [2.05, 4.69) is 24.9 Å². The van der Waals surface area contributed by atoms with Crippen LogP contribution in [-0.2, 0) is 12.8 Å². The Morgan fingerprint density at radius 3 is 2.87 bits per heavy atom. The standard InChI is InChI=1S/C12H15N3/c1-12(2)4-3-9-8(6-13)7-15-11(14)10(9)5-12/h7H,3-5H2,1-2H3,(H2,14,15). The molecule has 78 valence electrons. The van der Waals surface area contributed by atoms with Gasteiger partial charge in [0.1, 0.15) is 11.9 Å². The molecule has 0 atom stereocenters. The van der Waals surface area contributed by atoms with Gasteiger partial charge in [-0.05, 0) is 35.8 Å². The number of fused-ring (bicyclic) bond motifs is 1. The second-order valence-electron chi connectivity index (χ2n) is 4.97. The molecule has 0 radical (unpaired) electrons. The van der Waals surface area contributed by atoms with Crippen LogP contribution in [0.2, 0.25) is 0 Å². The summed E-state index contributed by atoms with van der Waals surface area (Å²) in [6.45, 7) is 4.46. The zero-order valence-corrected chi connectivity index (χ0v) is 9.17. The number of hydrogen-bond donors (Lipinski definition) is 1. The number of nitrogens with zero attached hydrogens (tertiary/aromatic N) is 2. The van der Waals surface area contributed by atoms with Crippen molar-refractivity contribution in [2.75, 3.05) is 5.73 Å². The molecule has 1 aromatic rings. The maximum Gasteiger partial charge on any atom is 0.126 e.